The SMILES string of the molecule is C[C@H](O)c1c(F)cccc1N(C)CC(N)=O. The zero-order valence-corrected chi connectivity index (χ0v) is 9.27. The number of anilines is 1. The summed E-state index contributed by atoms with van der Waals surface area (Å²) >= 11 is 0. The van der Waals surface area contributed by atoms with Crippen molar-refractivity contribution in [2.45, 2.75) is 13.0 Å². The number of aliphatic hydroxyl groups excluding tert-OH is 1. The van der Waals surface area contributed by atoms with Gasteiger partial charge in [-0.2, -0.15) is 0 Å². The summed E-state index contributed by atoms with van der Waals surface area (Å²) in [6.07, 6.45) is -0.938. The third kappa shape index (κ3) is 2.70. The Labute approximate surface area is 93.5 Å². The van der Waals surface area contributed by atoms with E-state index in [-0.39, 0.29) is 12.1 Å². The normalized spacial score (nSPS) is 12.2. The third-order valence-corrected chi connectivity index (χ3v) is 2.25. The van der Waals surface area contributed by atoms with Gasteiger partial charge in [0.25, 0.3) is 0 Å². The van der Waals surface area contributed by atoms with Gasteiger partial charge in [-0.05, 0) is 19.1 Å². The minimum absolute atomic E-state index is 0.0246. The van der Waals surface area contributed by atoms with Crippen LogP contribution >= 0.6 is 0 Å². The molecule has 1 aromatic rings. The van der Waals surface area contributed by atoms with Crippen molar-refractivity contribution in [3.05, 3.63) is 29.6 Å². The quantitative estimate of drug-likeness (QED) is 0.798. The number of nitrogens with two attached hydrogens (primary N) is 1. The van der Waals surface area contributed by atoms with Crippen molar-refractivity contribution in [3.8, 4) is 0 Å². The molecule has 0 unspecified atom stereocenters. The van der Waals surface area contributed by atoms with Crippen LogP contribution in [-0.2, 0) is 4.79 Å². The van der Waals surface area contributed by atoms with Gasteiger partial charge in [-0.1, -0.05) is 6.07 Å². The lowest BCUT2D eigenvalue weighted by Gasteiger charge is -2.22. The molecule has 0 saturated heterocycles. The molecule has 1 amide bonds. The second-order valence-electron chi connectivity index (χ2n) is 3.67. The van der Waals surface area contributed by atoms with E-state index in [1.807, 2.05) is 0 Å². The first-order valence-electron chi connectivity index (χ1n) is 4.89. The van der Waals surface area contributed by atoms with Crippen molar-refractivity contribution in [2.24, 2.45) is 5.73 Å². The monoisotopic (exact) mass is 226 g/mol. The highest BCUT2D eigenvalue weighted by Crippen LogP contribution is 2.27. The van der Waals surface area contributed by atoms with E-state index in [1.54, 1.807) is 13.1 Å². The predicted molar refractivity (Wildman–Crippen MR) is 59.5 cm³/mol. The number of hydrogen-bond donors (Lipinski definition) is 2. The number of likely N-dealkylation sites (N-methyl/N-ethyl adjacent to an activating group) is 1. The summed E-state index contributed by atoms with van der Waals surface area (Å²) in [5.41, 5.74) is 5.70. The van der Waals surface area contributed by atoms with Crippen LogP contribution in [0.4, 0.5) is 10.1 Å². The van der Waals surface area contributed by atoms with Crippen LogP contribution in [0, 0.1) is 5.82 Å². The van der Waals surface area contributed by atoms with Gasteiger partial charge in [0.05, 0.1) is 12.6 Å². The summed E-state index contributed by atoms with van der Waals surface area (Å²) in [5, 5.41) is 9.49. The molecule has 3 N–H and O–H groups in total. The van der Waals surface area contributed by atoms with E-state index in [0.717, 1.165) is 0 Å². The Morgan fingerprint density at radius 2 is 2.25 bits per heavy atom. The number of amides is 1. The zero-order chi connectivity index (χ0) is 12.3. The van der Waals surface area contributed by atoms with Gasteiger partial charge >= 0.3 is 0 Å². The van der Waals surface area contributed by atoms with Crippen LogP contribution in [0.15, 0.2) is 18.2 Å². The Kier molecular flexibility index (Phi) is 3.84. The molecular weight excluding hydrogens is 211 g/mol. The lowest BCUT2D eigenvalue weighted by molar-refractivity contribution is -0.116. The van der Waals surface area contributed by atoms with Gasteiger partial charge in [-0.15, -0.1) is 0 Å². The predicted octanol–water partition coefficient (Wildman–Crippen LogP) is 0.800. The fourth-order valence-corrected chi connectivity index (χ4v) is 1.59. The summed E-state index contributed by atoms with van der Waals surface area (Å²) in [5.74, 6) is -1.01. The maximum Gasteiger partial charge on any atom is 0.236 e. The maximum atomic E-state index is 13.5. The van der Waals surface area contributed by atoms with Crippen molar-refractivity contribution in [2.75, 3.05) is 18.5 Å². The van der Waals surface area contributed by atoms with Crippen molar-refractivity contribution in [1.29, 1.82) is 0 Å². The highest BCUT2D eigenvalue weighted by Gasteiger charge is 2.16. The number of rotatable bonds is 4. The van der Waals surface area contributed by atoms with E-state index in [4.69, 9.17) is 5.73 Å². The number of hydrogen-bond acceptors (Lipinski definition) is 3. The molecule has 0 bridgehead atoms. The molecule has 0 aliphatic rings. The van der Waals surface area contributed by atoms with Gasteiger partial charge in [0.2, 0.25) is 5.91 Å². The van der Waals surface area contributed by atoms with Crippen LogP contribution in [0.2, 0.25) is 0 Å². The molecule has 1 aromatic carbocycles. The molecular formula is C11H15FN2O2. The summed E-state index contributed by atoms with van der Waals surface area (Å²) in [7, 11) is 1.62. The Bertz CT molecular complexity index is 394. The first kappa shape index (κ1) is 12.4. The van der Waals surface area contributed by atoms with E-state index in [1.165, 1.54) is 24.0 Å². The van der Waals surface area contributed by atoms with E-state index >= 15 is 0 Å². The van der Waals surface area contributed by atoms with Crippen molar-refractivity contribution >= 4 is 11.6 Å². The summed E-state index contributed by atoms with van der Waals surface area (Å²) < 4.78 is 13.5. The van der Waals surface area contributed by atoms with Crippen molar-refractivity contribution in [1.82, 2.24) is 0 Å². The molecule has 0 aromatic heterocycles. The standard InChI is InChI=1S/C11H15FN2O2/c1-7(15)11-8(12)4-3-5-9(11)14(2)6-10(13)16/h3-5,7,15H,6H2,1-2H3,(H2,13,16)/t7-/m0/s1. The Hall–Kier alpha value is -1.62. The van der Waals surface area contributed by atoms with Crippen LogP contribution in [-0.4, -0.2) is 24.6 Å². The molecule has 0 saturated carbocycles. The Morgan fingerprint density at radius 1 is 1.62 bits per heavy atom. The van der Waals surface area contributed by atoms with Gasteiger partial charge in [-0.3, -0.25) is 4.79 Å². The van der Waals surface area contributed by atoms with Crippen LogP contribution < -0.4 is 10.6 Å². The number of halogens is 1. The van der Waals surface area contributed by atoms with Crippen molar-refractivity contribution in [3.63, 3.8) is 0 Å². The van der Waals surface area contributed by atoms with Gasteiger partial charge in [0, 0.05) is 18.3 Å². The molecule has 0 aliphatic carbocycles. The average Bonchev–Trinajstić information content (AvgIpc) is 2.15. The largest absolute Gasteiger partial charge is 0.389 e. The first-order chi connectivity index (χ1) is 7.43. The molecule has 1 rings (SSSR count). The topological polar surface area (TPSA) is 66.6 Å². The van der Waals surface area contributed by atoms with E-state index in [0.29, 0.717) is 5.69 Å². The van der Waals surface area contributed by atoms with Crippen LogP contribution in [0.5, 0.6) is 0 Å². The minimum atomic E-state index is -0.938. The van der Waals surface area contributed by atoms with Crippen LogP contribution in [0.3, 0.4) is 0 Å². The number of carbonyl (C=O) groups excluding carboxylic acids is 1. The average molecular weight is 226 g/mol. The van der Waals surface area contributed by atoms with Gasteiger partial charge < -0.3 is 15.7 Å². The summed E-state index contributed by atoms with van der Waals surface area (Å²) in [6.45, 7) is 1.45. The van der Waals surface area contributed by atoms with E-state index in [2.05, 4.69) is 0 Å². The second kappa shape index (κ2) is 4.94. The highest BCUT2D eigenvalue weighted by atomic mass is 19.1. The van der Waals surface area contributed by atoms with E-state index in [9.17, 15) is 14.3 Å². The van der Waals surface area contributed by atoms with Gasteiger partial charge in [0.1, 0.15) is 5.82 Å². The molecule has 0 heterocycles. The zero-order valence-electron chi connectivity index (χ0n) is 9.27. The molecule has 0 radical (unpaired) electrons. The first-order valence-corrected chi connectivity index (χ1v) is 4.89. The van der Waals surface area contributed by atoms with Crippen molar-refractivity contribution < 1.29 is 14.3 Å². The van der Waals surface area contributed by atoms with Gasteiger partial charge in [-0.25, -0.2) is 4.39 Å². The fraction of sp³-hybridized carbons (Fsp3) is 0.364. The number of benzene rings is 1. The number of aliphatic hydroxyl groups is 1. The van der Waals surface area contributed by atoms with Crippen LogP contribution in [0.25, 0.3) is 0 Å². The number of carbonyl (C=O) groups is 1. The lowest BCUT2D eigenvalue weighted by Crippen LogP contribution is -2.31. The Morgan fingerprint density at radius 3 is 2.75 bits per heavy atom. The molecule has 5 heteroatoms. The molecule has 4 nitrogen and oxygen atoms in total. The smallest absolute Gasteiger partial charge is 0.236 e. The molecule has 0 fully saturated rings. The maximum absolute atomic E-state index is 13.5. The summed E-state index contributed by atoms with van der Waals surface area (Å²) in [6, 6.07) is 4.42. The molecule has 16 heavy (non-hydrogen) atoms. The Balaban J connectivity index is 3.12. The second-order valence-corrected chi connectivity index (χ2v) is 3.67. The van der Waals surface area contributed by atoms with Gasteiger partial charge in [0.15, 0.2) is 0 Å². The fourth-order valence-electron chi connectivity index (χ4n) is 1.59. The molecule has 1 atom stereocenters. The molecule has 88 valence electrons. The lowest BCUT2D eigenvalue weighted by atomic mass is 10.1. The molecule has 0 aliphatic heterocycles. The highest BCUT2D eigenvalue weighted by molar-refractivity contribution is 5.79. The molecule has 0 spiro atoms. The summed E-state index contributed by atoms with van der Waals surface area (Å²) in [4.78, 5) is 12.3. The number of primary amides is 1. The minimum Gasteiger partial charge on any atom is -0.389 e. The third-order valence-electron chi connectivity index (χ3n) is 2.25. The number of nitrogens with zero attached hydrogens (tertiary/aromatic N) is 1. The van der Waals surface area contributed by atoms with Crippen LogP contribution in [0.1, 0.15) is 18.6 Å². The van der Waals surface area contributed by atoms with E-state index < -0.39 is 17.8 Å².